The Hall–Kier alpha value is -4.70. The highest BCUT2D eigenvalue weighted by atomic mass is 35.5. The van der Waals surface area contributed by atoms with Gasteiger partial charge >= 0.3 is 0 Å². The molecule has 0 fully saturated rings. The van der Waals surface area contributed by atoms with E-state index >= 15 is 0 Å². The Labute approximate surface area is 266 Å². The molecule has 0 aliphatic rings. The minimum atomic E-state index is -0.414. The van der Waals surface area contributed by atoms with E-state index in [1.807, 2.05) is 24.3 Å². The van der Waals surface area contributed by atoms with E-state index in [1.165, 1.54) is 12.1 Å². The quantitative estimate of drug-likeness (QED) is 0.131. The lowest BCUT2D eigenvalue weighted by Crippen LogP contribution is -1.99. The van der Waals surface area contributed by atoms with Gasteiger partial charge < -0.3 is 23.3 Å². The highest BCUT2D eigenvalue weighted by molar-refractivity contribution is 6.31. The van der Waals surface area contributed by atoms with Crippen molar-refractivity contribution >= 4 is 23.2 Å². The third-order valence-electron chi connectivity index (χ3n) is 6.80. The summed E-state index contributed by atoms with van der Waals surface area (Å²) in [4.78, 5) is 0. The number of benzene rings is 4. The van der Waals surface area contributed by atoms with Gasteiger partial charge in [-0.1, -0.05) is 45.6 Å². The van der Waals surface area contributed by atoms with Crippen molar-refractivity contribution < 1.29 is 32.0 Å². The monoisotopic (exact) mass is 648 g/mol. The van der Waals surface area contributed by atoms with Crippen molar-refractivity contribution in [1.29, 1.82) is 0 Å². The van der Waals surface area contributed by atoms with Crippen molar-refractivity contribution in [2.75, 3.05) is 0 Å². The molecule has 45 heavy (non-hydrogen) atoms. The molecule has 0 aliphatic carbocycles. The molecule has 11 heteroatoms. The van der Waals surface area contributed by atoms with Crippen LogP contribution in [0.15, 0.2) is 106 Å². The van der Waals surface area contributed by atoms with Gasteiger partial charge in [-0.25, -0.2) is 8.78 Å². The van der Waals surface area contributed by atoms with E-state index < -0.39 is 11.6 Å². The topological polar surface area (TPSA) is 79.8 Å². The van der Waals surface area contributed by atoms with Gasteiger partial charge in [-0.05, 0) is 72.8 Å². The molecule has 0 bridgehead atoms. The fourth-order valence-corrected chi connectivity index (χ4v) is 4.82. The van der Waals surface area contributed by atoms with Gasteiger partial charge in [0.15, 0.2) is 11.5 Å². The highest BCUT2D eigenvalue weighted by Gasteiger charge is 2.12. The second-order valence-corrected chi connectivity index (χ2v) is 10.7. The van der Waals surface area contributed by atoms with Crippen molar-refractivity contribution in [2.45, 2.75) is 26.4 Å². The fraction of sp³-hybridized carbons (Fsp3) is 0.118. The van der Waals surface area contributed by atoms with Gasteiger partial charge in [0.05, 0.1) is 10.0 Å². The lowest BCUT2D eigenvalue weighted by molar-refractivity contribution is 0.0727. The normalized spacial score (nSPS) is 11.1. The van der Waals surface area contributed by atoms with Crippen LogP contribution in [0.5, 0.6) is 11.5 Å². The van der Waals surface area contributed by atoms with Gasteiger partial charge in [0.1, 0.15) is 60.9 Å². The molecule has 4 aromatic carbocycles. The number of hydrogen-bond acceptors (Lipinski definition) is 7. The van der Waals surface area contributed by atoms with Crippen LogP contribution < -0.4 is 9.47 Å². The van der Waals surface area contributed by atoms with Crippen molar-refractivity contribution in [1.82, 2.24) is 10.3 Å². The van der Waals surface area contributed by atoms with Crippen LogP contribution >= 0.6 is 23.2 Å². The van der Waals surface area contributed by atoms with Crippen molar-refractivity contribution in [3.05, 3.63) is 141 Å². The highest BCUT2D eigenvalue weighted by Crippen LogP contribution is 2.27. The Bertz CT molecular complexity index is 1710. The molecular formula is C34H24Cl2F2N2O5. The summed E-state index contributed by atoms with van der Waals surface area (Å²) in [6.45, 7) is 0.370. The molecule has 0 amide bonds. The molecule has 0 N–H and O–H groups in total. The third-order valence-corrected chi connectivity index (χ3v) is 7.50. The number of ether oxygens (including phenoxy) is 3. The second kappa shape index (κ2) is 13.9. The van der Waals surface area contributed by atoms with Crippen molar-refractivity contribution in [3.8, 4) is 34.0 Å². The van der Waals surface area contributed by atoms with Gasteiger partial charge in [-0.15, -0.1) is 0 Å². The summed E-state index contributed by atoms with van der Waals surface area (Å²) in [6.07, 6.45) is 0. The maximum absolute atomic E-state index is 14.0. The molecule has 6 rings (SSSR count). The molecule has 2 aromatic heterocycles. The lowest BCUT2D eigenvalue weighted by Gasteiger charge is -2.09. The van der Waals surface area contributed by atoms with E-state index in [0.29, 0.717) is 55.6 Å². The van der Waals surface area contributed by atoms with E-state index in [0.717, 1.165) is 11.1 Å². The molecule has 0 unspecified atom stereocenters. The minimum Gasteiger partial charge on any atom is -0.489 e. The first kappa shape index (κ1) is 30.3. The van der Waals surface area contributed by atoms with Crippen LogP contribution in [-0.4, -0.2) is 10.3 Å². The van der Waals surface area contributed by atoms with Crippen LogP contribution in [0, 0.1) is 11.6 Å². The van der Waals surface area contributed by atoms with Gasteiger partial charge in [0.25, 0.3) is 0 Å². The summed E-state index contributed by atoms with van der Waals surface area (Å²) >= 11 is 12.1. The zero-order chi connectivity index (χ0) is 31.2. The molecule has 0 aliphatic heterocycles. The maximum atomic E-state index is 14.0. The van der Waals surface area contributed by atoms with E-state index in [2.05, 4.69) is 10.3 Å². The summed E-state index contributed by atoms with van der Waals surface area (Å²) in [5.74, 6) is 1.36. The summed E-state index contributed by atoms with van der Waals surface area (Å²) < 4.78 is 55.9. The third kappa shape index (κ3) is 7.51. The number of hydrogen-bond donors (Lipinski definition) is 0. The van der Waals surface area contributed by atoms with E-state index in [-0.39, 0.29) is 26.4 Å². The molecule has 0 atom stereocenters. The molecular weight excluding hydrogens is 625 g/mol. The van der Waals surface area contributed by atoms with E-state index in [4.69, 9.17) is 46.5 Å². The van der Waals surface area contributed by atoms with Crippen LogP contribution in [0.25, 0.3) is 22.5 Å². The number of nitrogens with zero attached hydrogens (tertiary/aromatic N) is 2. The minimum absolute atomic E-state index is 0.0126. The Kier molecular flexibility index (Phi) is 9.40. The molecule has 228 valence electrons. The molecule has 0 saturated heterocycles. The molecule has 0 spiro atoms. The standard InChI is InChI=1S/C34H24Cl2F2N2O5/c35-29-3-1-5-31(37)27(29)19-42-23-11-7-21(8-12-23)33-15-25(44-39-33)17-41-18-26-16-34(40-45-26)22-9-13-24(14-10-22)43-20-28-30(36)4-2-6-32(28)38/h1-16H,17-20H2. The summed E-state index contributed by atoms with van der Waals surface area (Å²) in [5, 5.41) is 8.86. The van der Waals surface area contributed by atoms with Crippen molar-refractivity contribution in [2.24, 2.45) is 0 Å². The van der Waals surface area contributed by atoms with Crippen molar-refractivity contribution in [3.63, 3.8) is 0 Å². The first-order valence-corrected chi connectivity index (χ1v) is 14.5. The number of rotatable bonds is 12. The summed E-state index contributed by atoms with van der Waals surface area (Å²) in [5.41, 5.74) is 3.49. The summed E-state index contributed by atoms with van der Waals surface area (Å²) in [6, 6.07) is 26.9. The van der Waals surface area contributed by atoms with E-state index in [9.17, 15) is 8.78 Å². The summed E-state index contributed by atoms with van der Waals surface area (Å²) in [7, 11) is 0. The average Bonchev–Trinajstić information content (AvgIpc) is 3.72. The molecule has 7 nitrogen and oxygen atoms in total. The van der Waals surface area contributed by atoms with Gasteiger partial charge in [0, 0.05) is 34.4 Å². The van der Waals surface area contributed by atoms with Gasteiger partial charge in [-0.3, -0.25) is 0 Å². The molecule has 0 saturated carbocycles. The Balaban J connectivity index is 0.973. The first-order chi connectivity index (χ1) is 21.9. The van der Waals surface area contributed by atoms with Gasteiger partial charge in [-0.2, -0.15) is 0 Å². The predicted octanol–water partition coefficient (Wildman–Crippen LogP) is 9.46. The second-order valence-electron chi connectivity index (χ2n) is 9.88. The zero-order valence-corrected chi connectivity index (χ0v) is 25.0. The van der Waals surface area contributed by atoms with Crippen LogP contribution in [0.4, 0.5) is 8.78 Å². The SMILES string of the molecule is Fc1cccc(Cl)c1COc1ccc(-c2cc(COCc3cc(-c4ccc(OCc5c(F)cccc5Cl)cc4)no3)on2)cc1. The Morgan fingerprint density at radius 3 is 1.38 bits per heavy atom. The fourth-order valence-electron chi connectivity index (χ4n) is 4.38. The lowest BCUT2D eigenvalue weighted by atomic mass is 10.1. The first-order valence-electron chi connectivity index (χ1n) is 13.7. The zero-order valence-electron chi connectivity index (χ0n) is 23.5. The molecule has 0 radical (unpaired) electrons. The Morgan fingerprint density at radius 1 is 0.556 bits per heavy atom. The molecule has 2 heterocycles. The predicted molar refractivity (Wildman–Crippen MR) is 164 cm³/mol. The van der Waals surface area contributed by atoms with Crippen LogP contribution in [-0.2, 0) is 31.2 Å². The van der Waals surface area contributed by atoms with Crippen LogP contribution in [0.1, 0.15) is 22.6 Å². The average molecular weight is 649 g/mol. The van der Waals surface area contributed by atoms with Crippen LogP contribution in [0.3, 0.4) is 0 Å². The maximum Gasteiger partial charge on any atom is 0.163 e. The largest absolute Gasteiger partial charge is 0.489 e. The van der Waals surface area contributed by atoms with Crippen LogP contribution in [0.2, 0.25) is 10.0 Å². The number of aromatic nitrogens is 2. The Morgan fingerprint density at radius 2 is 0.978 bits per heavy atom. The smallest absolute Gasteiger partial charge is 0.163 e. The molecule has 6 aromatic rings. The van der Waals surface area contributed by atoms with Gasteiger partial charge in [0.2, 0.25) is 0 Å². The number of halogens is 4. The van der Waals surface area contributed by atoms with E-state index in [1.54, 1.807) is 60.7 Å².